The quantitative estimate of drug-likeness (QED) is 0.815. The fourth-order valence-corrected chi connectivity index (χ4v) is 1.94. The average Bonchev–Trinajstić information content (AvgIpc) is 3.24. The summed E-state index contributed by atoms with van der Waals surface area (Å²) in [5, 5.41) is 0. The fourth-order valence-electron chi connectivity index (χ4n) is 1.94. The van der Waals surface area contributed by atoms with Crippen LogP contribution in [0, 0.1) is 24.7 Å². The van der Waals surface area contributed by atoms with E-state index in [0.717, 1.165) is 16.7 Å². The zero-order valence-electron chi connectivity index (χ0n) is 11.4. The summed E-state index contributed by atoms with van der Waals surface area (Å²) in [7, 11) is 1.63. The van der Waals surface area contributed by atoms with E-state index in [1.165, 1.54) is 19.0 Å². The van der Waals surface area contributed by atoms with Gasteiger partial charge in [-0.25, -0.2) is 0 Å². The van der Waals surface area contributed by atoms with Crippen LogP contribution in [-0.4, -0.2) is 7.11 Å². The molecule has 1 atom stereocenters. The van der Waals surface area contributed by atoms with E-state index in [1.54, 1.807) is 7.11 Å². The van der Waals surface area contributed by atoms with E-state index >= 15 is 0 Å². The lowest BCUT2D eigenvalue weighted by atomic mass is 9.98. The van der Waals surface area contributed by atoms with Gasteiger partial charge in [0.2, 0.25) is 0 Å². The molecule has 0 aromatic heterocycles. The van der Waals surface area contributed by atoms with E-state index < -0.39 is 0 Å². The lowest BCUT2D eigenvalue weighted by Crippen LogP contribution is -2.15. The molecule has 0 saturated heterocycles. The smallest absolute Gasteiger partial charge is 0.123 e. The second-order valence-electron chi connectivity index (χ2n) is 4.90. The van der Waals surface area contributed by atoms with Crippen molar-refractivity contribution in [3.05, 3.63) is 46.8 Å². The third-order valence-electron chi connectivity index (χ3n) is 3.29. The minimum absolute atomic E-state index is 0.312. The van der Waals surface area contributed by atoms with Crippen LogP contribution in [0.1, 0.15) is 35.6 Å². The first kappa shape index (κ1) is 13.5. The van der Waals surface area contributed by atoms with Gasteiger partial charge in [-0.1, -0.05) is 17.9 Å². The van der Waals surface area contributed by atoms with E-state index in [4.69, 9.17) is 16.2 Å². The molecule has 0 heterocycles. The zero-order chi connectivity index (χ0) is 13.8. The summed E-state index contributed by atoms with van der Waals surface area (Å²) in [6.45, 7) is 2.03. The topological polar surface area (TPSA) is 61.3 Å². The fraction of sp³-hybridized carbons (Fsp3) is 0.375. The van der Waals surface area contributed by atoms with E-state index in [0.29, 0.717) is 11.6 Å². The SMILES string of the molecule is COC(/C(N)=C/N)c1cc(C#CC2CC2)ccc1C. The monoisotopic (exact) mass is 256 g/mol. The zero-order valence-corrected chi connectivity index (χ0v) is 11.4. The number of rotatable bonds is 3. The third-order valence-corrected chi connectivity index (χ3v) is 3.29. The maximum absolute atomic E-state index is 5.89. The maximum Gasteiger partial charge on any atom is 0.123 e. The number of nitrogens with two attached hydrogens (primary N) is 2. The number of ether oxygens (including phenoxy) is 1. The van der Waals surface area contributed by atoms with E-state index in [2.05, 4.69) is 11.8 Å². The van der Waals surface area contributed by atoms with Gasteiger partial charge in [0.25, 0.3) is 0 Å². The summed E-state index contributed by atoms with van der Waals surface area (Å²) in [5.74, 6) is 7.07. The van der Waals surface area contributed by atoms with Crippen molar-refractivity contribution >= 4 is 0 Å². The molecular weight excluding hydrogens is 236 g/mol. The van der Waals surface area contributed by atoms with E-state index in [1.807, 2.05) is 25.1 Å². The van der Waals surface area contributed by atoms with E-state index in [9.17, 15) is 0 Å². The second kappa shape index (κ2) is 5.81. The number of aryl methyl sites for hydroxylation is 1. The van der Waals surface area contributed by atoms with Gasteiger partial charge in [-0.15, -0.1) is 0 Å². The van der Waals surface area contributed by atoms with Crippen LogP contribution in [0.3, 0.4) is 0 Å². The molecule has 1 aromatic carbocycles. The standard InChI is InChI=1S/C16H20N2O/c1-11-3-4-13(8-7-12-5-6-12)9-14(11)16(19-2)15(18)10-17/h3-4,9-10,12,16H,5-6,17-18H2,1-2H3/b15-10-. The molecule has 0 bridgehead atoms. The predicted molar refractivity (Wildman–Crippen MR) is 77.0 cm³/mol. The summed E-state index contributed by atoms with van der Waals surface area (Å²) in [6.07, 6.45) is 3.54. The Hall–Kier alpha value is -1.92. The van der Waals surface area contributed by atoms with Crippen molar-refractivity contribution in [1.82, 2.24) is 0 Å². The Morgan fingerprint density at radius 2 is 2.21 bits per heavy atom. The number of benzene rings is 1. The van der Waals surface area contributed by atoms with Gasteiger partial charge in [0.15, 0.2) is 0 Å². The first-order chi connectivity index (χ1) is 9.15. The molecule has 1 saturated carbocycles. The Morgan fingerprint density at radius 3 is 2.79 bits per heavy atom. The van der Waals surface area contributed by atoms with Gasteiger partial charge in [0.1, 0.15) is 6.10 Å². The van der Waals surface area contributed by atoms with Crippen LogP contribution < -0.4 is 11.5 Å². The van der Waals surface area contributed by atoms with Crippen molar-refractivity contribution in [2.45, 2.75) is 25.9 Å². The molecule has 0 aliphatic heterocycles. The molecule has 0 amide bonds. The Bertz CT molecular complexity index is 548. The van der Waals surface area contributed by atoms with Gasteiger partial charge >= 0.3 is 0 Å². The van der Waals surface area contributed by atoms with Crippen LogP contribution in [0.25, 0.3) is 0 Å². The Kier molecular flexibility index (Phi) is 4.13. The third kappa shape index (κ3) is 3.30. The summed E-state index contributed by atoms with van der Waals surface area (Å²) in [5.41, 5.74) is 15.0. The van der Waals surface area contributed by atoms with Crippen molar-refractivity contribution < 1.29 is 4.74 Å². The summed E-state index contributed by atoms with van der Waals surface area (Å²) in [6, 6.07) is 6.11. The van der Waals surface area contributed by atoms with Crippen LogP contribution in [0.4, 0.5) is 0 Å². The van der Waals surface area contributed by atoms with Crippen LogP contribution in [0.15, 0.2) is 30.1 Å². The highest BCUT2D eigenvalue weighted by molar-refractivity contribution is 5.43. The van der Waals surface area contributed by atoms with Crippen molar-refractivity contribution in [1.29, 1.82) is 0 Å². The van der Waals surface area contributed by atoms with Crippen LogP contribution in [0.5, 0.6) is 0 Å². The van der Waals surface area contributed by atoms with Crippen molar-refractivity contribution in [3.8, 4) is 11.8 Å². The first-order valence-corrected chi connectivity index (χ1v) is 6.48. The average molecular weight is 256 g/mol. The molecule has 1 aliphatic carbocycles. The molecule has 100 valence electrons. The molecule has 0 spiro atoms. The van der Waals surface area contributed by atoms with Gasteiger partial charge in [0.05, 0.1) is 5.70 Å². The van der Waals surface area contributed by atoms with Gasteiger partial charge in [-0.05, 0) is 43.0 Å². The Morgan fingerprint density at radius 1 is 1.47 bits per heavy atom. The lowest BCUT2D eigenvalue weighted by molar-refractivity contribution is 0.131. The molecule has 1 aromatic rings. The molecule has 19 heavy (non-hydrogen) atoms. The predicted octanol–water partition coefficient (Wildman–Crippen LogP) is 2.20. The van der Waals surface area contributed by atoms with E-state index in [-0.39, 0.29) is 6.10 Å². The number of methoxy groups -OCH3 is 1. The number of hydrogen-bond donors (Lipinski definition) is 2. The summed E-state index contributed by atoms with van der Waals surface area (Å²) < 4.78 is 5.44. The summed E-state index contributed by atoms with van der Waals surface area (Å²) >= 11 is 0. The maximum atomic E-state index is 5.89. The van der Waals surface area contributed by atoms with Crippen molar-refractivity contribution in [3.63, 3.8) is 0 Å². The molecule has 1 aliphatic rings. The van der Waals surface area contributed by atoms with Gasteiger partial charge in [0, 0.05) is 24.8 Å². The highest BCUT2D eigenvalue weighted by atomic mass is 16.5. The molecular formula is C16H20N2O. The number of hydrogen-bond acceptors (Lipinski definition) is 3. The summed E-state index contributed by atoms with van der Waals surface area (Å²) in [4.78, 5) is 0. The Balaban J connectivity index is 2.33. The first-order valence-electron chi connectivity index (χ1n) is 6.48. The van der Waals surface area contributed by atoms with Crippen LogP contribution in [-0.2, 0) is 4.74 Å². The second-order valence-corrected chi connectivity index (χ2v) is 4.90. The molecule has 3 nitrogen and oxygen atoms in total. The molecule has 0 radical (unpaired) electrons. The van der Waals surface area contributed by atoms with Gasteiger partial charge in [-0.3, -0.25) is 0 Å². The largest absolute Gasteiger partial charge is 0.403 e. The van der Waals surface area contributed by atoms with Crippen molar-refractivity contribution in [2.75, 3.05) is 7.11 Å². The molecule has 3 heteroatoms. The normalized spacial score (nSPS) is 16.6. The molecule has 2 rings (SSSR count). The van der Waals surface area contributed by atoms with Gasteiger partial charge in [-0.2, -0.15) is 0 Å². The van der Waals surface area contributed by atoms with Crippen LogP contribution >= 0.6 is 0 Å². The molecule has 1 unspecified atom stereocenters. The highest BCUT2D eigenvalue weighted by Crippen LogP contribution is 2.28. The minimum atomic E-state index is -0.312. The highest BCUT2D eigenvalue weighted by Gasteiger charge is 2.18. The molecule has 1 fully saturated rings. The lowest BCUT2D eigenvalue weighted by Gasteiger charge is -2.18. The van der Waals surface area contributed by atoms with Gasteiger partial charge < -0.3 is 16.2 Å². The molecule has 4 N–H and O–H groups in total. The minimum Gasteiger partial charge on any atom is -0.403 e. The Labute approximate surface area is 114 Å². The van der Waals surface area contributed by atoms with Crippen molar-refractivity contribution in [2.24, 2.45) is 17.4 Å². The van der Waals surface area contributed by atoms with Crippen LogP contribution in [0.2, 0.25) is 0 Å².